The van der Waals surface area contributed by atoms with Crippen molar-refractivity contribution in [2.24, 2.45) is 7.05 Å². The molecule has 0 amide bonds. The second-order valence-corrected chi connectivity index (χ2v) is 5.78. The van der Waals surface area contributed by atoms with Gasteiger partial charge in [-0.2, -0.15) is 5.26 Å². The Morgan fingerprint density at radius 2 is 2.20 bits per heavy atom. The topological polar surface area (TPSA) is 63.7 Å². The SMILES string of the molecule is C[C@H](C#N)Sc1nnc(COc2ccccc2Cl)n1C. The number of nitrogens with zero attached hydrogens (tertiary/aromatic N) is 4. The molecule has 7 heteroatoms. The quantitative estimate of drug-likeness (QED) is 0.794. The molecule has 0 aliphatic rings. The summed E-state index contributed by atoms with van der Waals surface area (Å²) >= 11 is 7.38. The molecule has 0 saturated heterocycles. The van der Waals surface area contributed by atoms with Crippen molar-refractivity contribution < 1.29 is 4.74 Å². The Bertz CT molecular complexity index is 638. The first-order chi connectivity index (χ1) is 9.61. The molecule has 0 N–H and O–H groups in total. The van der Waals surface area contributed by atoms with Crippen LogP contribution in [0.2, 0.25) is 5.02 Å². The minimum Gasteiger partial charge on any atom is -0.484 e. The molecule has 5 nitrogen and oxygen atoms in total. The van der Waals surface area contributed by atoms with Gasteiger partial charge < -0.3 is 9.30 Å². The van der Waals surface area contributed by atoms with Crippen LogP contribution < -0.4 is 4.74 Å². The summed E-state index contributed by atoms with van der Waals surface area (Å²) in [7, 11) is 1.84. The number of hydrogen-bond acceptors (Lipinski definition) is 5. The fourth-order valence-electron chi connectivity index (χ4n) is 1.46. The number of para-hydroxylation sites is 1. The average molecular weight is 309 g/mol. The summed E-state index contributed by atoms with van der Waals surface area (Å²) < 4.78 is 7.43. The van der Waals surface area contributed by atoms with Crippen molar-refractivity contribution in [1.29, 1.82) is 5.26 Å². The van der Waals surface area contributed by atoms with Crippen molar-refractivity contribution >= 4 is 23.4 Å². The standard InChI is InChI=1S/C13H13ClN4OS/c1-9(7-15)20-13-17-16-12(18(13)2)8-19-11-6-4-3-5-10(11)14/h3-6,9H,8H2,1-2H3/t9-/m1/s1. The number of benzene rings is 1. The summed E-state index contributed by atoms with van der Waals surface area (Å²) in [5.74, 6) is 1.29. The van der Waals surface area contributed by atoms with Crippen molar-refractivity contribution in [3.8, 4) is 11.8 Å². The number of ether oxygens (including phenoxy) is 1. The zero-order valence-electron chi connectivity index (χ0n) is 11.1. The largest absolute Gasteiger partial charge is 0.484 e. The molecule has 1 heterocycles. The molecule has 20 heavy (non-hydrogen) atoms. The third-order valence-corrected chi connectivity index (χ3v) is 3.92. The van der Waals surface area contributed by atoms with Gasteiger partial charge in [0.1, 0.15) is 12.4 Å². The Morgan fingerprint density at radius 3 is 2.90 bits per heavy atom. The molecule has 0 spiro atoms. The minimum atomic E-state index is -0.171. The summed E-state index contributed by atoms with van der Waals surface area (Å²) in [6.45, 7) is 2.09. The lowest BCUT2D eigenvalue weighted by molar-refractivity contribution is 0.290. The number of hydrogen-bond donors (Lipinski definition) is 0. The molecule has 2 aromatic rings. The van der Waals surface area contributed by atoms with E-state index in [2.05, 4.69) is 16.3 Å². The highest BCUT2D eigenvalue weighted by molar-refractivity contribution is 8.00. The number of nitriles is 1. The van der Waals surface area contributed by atoms with Crippen LogP contribution in [0.15, 0.2) is 29.4 Å². The Hall–Kier alpha value is -1.71. The lowest BCUT2D eigenvalue weighted by atomic mass is 10.3. The first-order valence-corrected chi connectivity index (χ1v) is 7.19. The van der Waals surface area contributed by atoms with Gasteiger partial charge in [-0.3, -0.25) is 0 Å². The van der Waals surface area contributed by atoms with Gasteiger partial charge in [0.15, 0.2) is 11.0 Å². The van der Waals surface area contributed by atoms with Crippen molar-refractivity contribution in [1.82, 2.24) is 14.8 Å². The van der Waals surface area contributed by atoms with E-state index in [-0.39, 0.29) is 11.9 Å². The summed E-state index contributed by atoms with van der Waals surface area (Å²) in [6, 6.07) is 9.41. The van der Waals surface area contributed by atoms with Crippen molar-refractivity contribution in [2.75, 3.05) is 0 Å². The molecule has 0 unspecified atom stereocenters. The number of halogens is 1. The van der Waals surface area contributed by atoms with Gasteiger partial charge in [0.05, 0.1) is 16.3 Å². The normalized spacial score (nSPS) is 11.9. The van der Waals surface area contributed by atoms with Crippen molar-refractivity contribution in [3.05, 3.63) is 35.1 Å². The van der Waals surface area contributed by atoms with E-state index in [9.17, 15) is 0 Å². The molecule has 1 aromatic heterocycles. The van der Waals surface area contributed by atoms with E-state index < -0.39 is 0 Å². The fraction of sp³-hybridized carbons (Fsp3) is 0.308. The highest BCUT2D eigenvalue weighted by atomic mass is 35.5. The number of thioether (sulfide) groups is 1. The van der Waals surface area contributed by atoms with Crippen molar-refractivity contribution in [2.45, 2.75) is 23.9 Å². The predicted molar refractivity (Wildman–Crippen MR) is 77.7 cm³/mol. The van der Waals surface area contributed by atoms with Gasteiger partial charge in [0.25, 0.3) is 0 Å². The van der Waals surface area contributed by atoms with Gasteiger partial charge in [-0.1, -0.05) is 35.5 Å². The number of rotatable bonds is 5. The maximum Gasteiger partial charge on any atom is 0.192 e. The summed E-state index contributed by atoms with van der Waals surface area (Å²) in [6.07, 6.45) is 0. The Morgan fingerprint density at radius 1 is 1.45 bits per heavy atom. The Labute approximate surface area is 126 Å². The van der Waals surface area contributed by atoms with E-state index in [1.165, 1.54) is 11.8 Å². The van der Waals surface area contributed by atoms with Gasteiger partial charge in [-0.05, 0) is 19.1 Å². The third kappa shape index (κ3) is 3.44. The van der Waals surface area contributed by atoms with Gasteiger partial charge in [0.2, 0.25) is 0 Å². The van der Waals surface area contributed by atoms with Gasteiger partial charge in [0, 0.05) is 7.05 Å². The van der Waals surface area contributed by atoms with Gasteiger partial charge in [-0.15, -0.1) is 10.2 Å². The first-order valence-electron chi connectivity index (χ1n) is 5.93. The summed E-state index contributed by atoms with van der Waals surface area (Å²) in [4.78, 5) is 0. The average Bonchev–Trinajstić information content (AvgIpc) is 2.79. The van der Waals surface area contributed by atoms with Crippen LogP contribution in [0, 0.1) is 11.3 Å². The second-order valence-electron chi connectivity index (χ2n) is 4.07. The smallest absolute Gasteiger partial charge is 0.192 e. The van der Waals surface area contributed by atoms with E-state index in [0.29, 0.717) is 21.8 Å². The highest BCUT2D eigenvalue weighted by Crippen LogP contribution is 2.25. The number of aromatic nitrogens is 3. The van der Waals surface area contributed by atoms with E-state index in [1.807, 2.05) is 30.7 Å². The molecule has 0 aliphatic heterocycles. The van der Waals surface area contributed by atoms with Crippen LogP contribution in [0.25, 0.3) is 0 Å². The Kier molecular flexibility index (Phi) is 4.88. The first kappa shape index (κ1) is 14.7. The molecule has 0 radical (unpaired) electrons. The van der Waals surface area contributed by atoms with E-state index in [4.69, 9.17) is 21.6 Å². The molecule has 0 aliphatic carbocycles. The Balaban J connectivity index is 2.04. The molecule has 0 saturated carbocycles. The van der Waals surface area contributed by atoms with Crippen LogP contribution in [0.3, 0.4) is 0 Å². The zero-order valence-corrected chi connectivity index (χ0v) is 12.6. The molecular formula is C13H13ClN4OS. The molecule has 0 fully saturated rings. The van der Waals surface area contributed by atoms with Crippen LogP contribution >= 0.6 is 23.4 Å². The van der Waals surface area contributed by atoms with E-state index >= 15 is 0 Å². The van der Waals surface area contributed by atoms with Gasteiger partial charge in [-0.25, -0.2) is 0 Å². The lowest BCUT2D eigenvalue weighted by Gasteiger charge is -2.08. The fourth-order valence-corrected chi connectivity index (χ4v) is 2.37. The van der Waals surface area contributed by atoms with Crippen LogP contribution in [0.5, 0.6) is 5.75 Å². The molecular weight excluding hydrogens is 296 g/mol. The minimum absolute atomic E-state index is 0.171. The molecule has 1 atom stereocenters. The van der Waals surface area contributed by atoms with E-state index in [1.54, 1.807) is 12.1 Å². The monoisotopic (exact) mass is 308 g/mol. The maximum absolute atomic E-state index is 8.81. The predicted octanol–water partition coefficient (Wildman–Crippen LogP) is 3.05. The van der Waals surface area contributed by atoms with Crippen LogP contribution in [-0.4, -0.2) is 20.0 Å². The highest BCUT2D eigenvalue weighted by Gasteiger charge is 2.13. The molecule has 1 aromatic carbocycles. The zero-order chi connectivity index (χ0) is 14.5. The maximum atomic E-state index is 8.81. The molecule has 104 valence electrons. The second kappa shape index (κ2) is 6.64. The van der Waals surface area contributed by atoms with E-state index in [0.717, 1.165) is 0 Å². The van der Waals surface area contributed by atoms with Crippen LogP contribution in [0.4, 0.5) is 0 Å². The van der Waals surface area contributed by atoms with Crippen LogP contribution in [-0.2, 0) is 13.7 Å². The summed E-state index contributed by atoms with van der Waals surface area (Å²) in [5.41, 5.74) is 0. The molecule has 0 bridgehead atoms. The van der Waals surface area contributed by atoms with Crippen molar-refractivity contribution in [3.63, 3.8) is 0 Å². The van der Waals surface area contributed by atoms with Crippen LogP contribution in [0.1, 0.15) is 12.7 Å². The van der Waals surface area contributed by atoms with Gasteiger partial charge >= 0.3 is 0 Å². The third-order valence-electron chi connectivity index (χ3n) is 2.58. The molecule has 2 rings (SSSR count). The summed E-state index contributed by atoms with van der Waals surface area (Å²) in [5, 5.41) is 18.0. The lowest BCUT2D eigenvalue weighted by Crippen LogP contribution is -2.05.